The van der Waals surface area contributed by atoms with Gasteiger partial charge in [-0.05, 0) is 64.3 Å². The van der Waals surface area contributed by atoms with Crippen LogP contribution < -0.4 is 10.7 Å². The zero-order chi connectivity index (χ0) is 18.1. The summed E-state index contributed by atoms with van der Waals surface area (Å²) in [5.74, 6) is -0.242. The van der Waals surface area contributed by atoms with Gasteiger partial charge in [-0.1, -0.05) is 12.1 Å². The molecule has 0 fully saturated rings. The molecule has 2 aromatic rings. The number of rotatable bonds is 7. The van der Waals surface area contributed by atoms with Gasteiger partial charge in [0.05, 0.1) is 11.8 Å². The first kappa shape index (κ1) is 18.7. The summed E-state index contributed by atoms with van der Waals surface area (Å²) in [4.78, 5) is 23.7. The molecule has 0 aliphatic heterocycles. The van der Waals surface area contributed by atoms with Crippen LogP contribution in [0.3, 0.4) is 0 Å². The van der Waals surface area contributed by atoms with Crippen molar-refractivity contribution < 1.29 is 14.7 Å². The van der Waals surface area contributed by atoms with Gasteiger partial charge in [-0.2, -0.15) is 5.10 Å². The molecule has 2 rings (SSSR count). The Morgan fingerprint density at radius 2 is 1.84 bits per heavy atom. The molecule has 0 saturated heterocycles. The molecule has 0 aromatic heterocycles. The first-order valence-electron chi connectivity index (χ1n) is 7.70. The lowest BCUT2D eigenvalue weighted by Crippen LogP contribution is -2.26. The van der Waals surface area contributed by atoms with Gasteiger partial charge < -0.3 is 10.4 Å². The van der Waals surface area contributed by atoms with Crippen LogP contribution in [0.5, 0.6) is 5.75 Å². The molecule has 0 radical (unpaired) electrons. The smallest absolute Gasteiger partial charge is 0.252 e. The van der Waals surface area contributed by atoms with Crippen molar-refractivity contribution in [2.45, 2.75) is 12.8 Å². The number of amides is 2. The number of hydrogen-bond acceptors (Lipinski definition) is 4. The highest BCUT2D eigenvalue weighted by molar-refractivity contribution is 9.10. The van der Waals surface area contributed by atoms with E-state index in [9.17, 15) is 14.7 Å². The van der Waals surface area contributed by atoms with Gasteiger partial charge in [0.1, 0.15) is 5.75 Å². The molecule has 0 bridgehead atoms. The number of carbonyl (C=O) groups excluding carboxylic acids is 2. The second-order valence-corrected chi connectivity index (χ2v) is 6.08. The summed E-state index contributed by atoms with van der Waals surface area (Å²) in [6.07, 6.45) is 2.26. The van der Waals surface area contributed by atoms with E-state index in [-0.39, 0.29) is 24.0 Å². The summed E-state index contributed by atoms with van der Waals surface area (Å²) in [5, 5.41) is 15.8. The molecular weight excluding hydrogens is 386 g/mol. The Morgan fingerprint density at radius 3 is 2.56 bits per heavy atom. The summed E-state index contributed by atoms with van der Waals surface area (Å²) in [6, 6.07) is 13.6. The minimum absolute atomic E-state index is 0.172. The lowest BCUT2D eigenvalue weighted by atomic mass is 10.2. The highest BCUT2D eigenvalue weighted by Crippen LogP contribution is 2.15. The fourth-order valence-corrected chi connectivity index (χ4v) is 2.45. The maximum atomic E-state index is 12.0. The minimum Gasteiger partial charge on any atom is -0.508 e. The van der Waals surface area contributed by atoms with E-state index in [0.717, 1.165) is 10.0 Å². The lowest BCUT2D eigenvalue weighted by Gasteiger charge is -2.06. The molecule has 0 unspecified atom stereocenters. The molecule has 3 N–H and O–H groups in total. The van der Waals surface area contributed by atoms with E-state index >= 15 is 0 Å². The van der Waals surface area contributed by atoms with E-state index in [2.05, 4.69) is 31.8 Å². The van der Waals surface area contributed by atoms with Crippen LogP contribution in [0.25, 0.3) is 0 Å². The molecule has 2 amide bonds. The fraction of sp³-hybridized carbons (Fsp3) is 0.167. The van der Waals surface area contributed by atoms with Crippen LogP contribution in [-0.2, 0) is 4.79 Å². The number of phenolic OH excluding ortho intramolecular Hbond substituents is 1. The Kier molecular flexibility index (Phi) is 7.16. The monoisotopic (exact) mass is 403 g/mol. The molecular formula is C18H18BrN3O3. The van der Waals surface area contributed by atoms with Crippen molar-refractivity contribution in [3.8, 4) is 5.75 Å². The van der Waals surface area contributed by atoms with Crippen molar-refractivity contribution in [3.05, 3.63) is 64.1 Å². The van der Waals surface area contributed by atoms with Gasteiger partial charge in [0.25, 0.3) is 5.91 Å². The third kappa shape index (κ3) is 6.39. The molecule has 0 saturated carbocycles. The third-order valence-electron chi connectivity index (χ3n) is 3.28. The zero-order valence-corrected chi connectivity index (χ0v) is 15.0. The van der Waals surface area contributed by atoms with E-state index in [4.69, 9.17) is 0 Å². The number of hydrogen-bond donors (Lipinski definition) is 3. The van der Waals surface area contributed by atoms with Crippen molar-refractivity contribution in [2.24, 2.45) is 5.10 Å². The Morgan fingerprint density at radius 1 is 1.12 bits per heavy atom. The number of aromatic hydroxyl groups is 1. The van der Waals surface area contributed by atoms with Crippen LogP contribution in [0.2, 0.25) is 0 Å². The van der Waals surface area contributed by atoms with Gasteiger partial charge in [0.15, 0.2) is 0 Å². The Labute approximate surface area is 154 Å². The highest BCUT2D eigenvalue weighted by atomic mass is 79.9. The first-order chi connectivity index (χ1) is 12.1. The van der Waals surface area contributed by atoms with Crippen molar-refractivity contribution in [2.75, 3.05) is 6.54 Å². The average Bonchev–Trinajstić information content (AvgIpc) is 2.60. The van der Waals surface area contributed by atoms with Gasteiger partial charge in [-0.15, -0.1) is 0 Å². The Hall–Kier alpha value is -2.67. The van der Waals surface area contributed by atoms with E-state index in [1.165, 1.54) is 18.3 Å². The largest absolute Gasteiger partial charge is 0.508 e. The predicted octanol–water partition coefficient (Wildman–Crippen LogP) is 2.82. The molecule has 0 aliphatic carbocycles. The quantitative estimate of drug-likeness (QED) is 0.377. The van der Waals surface area contributed by atoms with Gasteiger partial charge in [-0.3, -0.25) is 9.59 Å². The van der Waals surface area contributed by atoms with Crippen LogP contribution in [0, 0.1) is 0 Å². The number of nitrogens with zero attached hydrogens (tertiary/aromatic N) is 1. The maximum Gasteiger partial charge on any atom is 0.252 e. The van der Waals surface area contributed by atoms with E-state index in [0.29, 0.717) is 18.5 Å². The fourth-order valence-electron chi connectivity index (χ4n) is 1.99. The Balaban J connectivity index is 1.66. The standard InChI is InChI=1S/C18H18BrN3O3/c19-16-5-2-1-4-15(16)18(25)20-11-3-6-17(24)22-21-12-13-7-9-14(23)10-8-13/h1-2,4-5,7-10,12,23H,3,6,11H2,(H,20,25)(H,22,24). The number of benzene rings is 2. The molecule has 25 heavy (non-hydrogen) atoms. The second-order valence-electron chi connectivity index (χ2n) is 5.22. The summed E-state index contributed by atoms with van der Waals surface area (Å²) in [6.45, 7) is 0.398. The van der Waals surface area contributed by atoms with Crippen LogP contribution in [0.4, 0.5) is 0 Å². The molecule has 0 atom stereocenters. The van der Waals surface area contributed by atoms with Crippen molar-refractivity contribution in [3.63, 3.8) is 0 Å². The van der Waals surface area contributed by atoms with Crippen LogP contribution >= 0.6 is 15.9 Å². The SMILES string of the molecule is O=C(CCCNC(=O)c1ccccc1Br)NN=Cc1ccc(O)cc1. The van der Waals surface area contributed by atoms with Gasteiger partial charge in [-0.25, -0.2) is 5.43 Å². The van der Waals surface area contributed by atoms with Crippen LogP contribution in [0.15, 0.2) is 58.1 Å². The zero-order valence-electron chi connectivity index (χ0n) is 13.4. The number of nitrogens with one attached hydrogen (secondary N) is 2. The molecule has 130 valence electrons. The molecule has 7 heteroatoms. The summed E-state index contributed by atoms with van der Waals surface area (Å²) in [5.41, 5.74) is 3.75. The lowest BCUT2D eigenvalue weighted by molar-refractivity contribution is -0.121. The van der Waals surface area contributed by atoms with E-state index in [1.54, 1.807) is 30.3 Å². The van der Waals surface area contributed by atoms with E-state index < -0.39 is 0 Å². The summed E-state index contributed by atoms with van der Waals surface area (Å²) < 4.78 is 0.730. The number of carbonyl (C=O) groups is 2. The topological polar surface area (TPSA) is 90.8 Å². The molecule has 0 spiro atoms. The van der Waals surface area contributed by atoms with Gasteiger partial charge in [0, 0.05) is 17.4 Å². The first-order valence-corrected chi connectivity index (χ1v) is 8.49. The molecule has 0 heterocycles. The number of halogens is 1. The highest BCUT2D eigenvalue weighted by Gasteiger charge is 2.08. The minimum atomic E-state index is -0.231. The van der Waals surface area contributed by atoms with Gasteiger partial charge in [0.2, 0.25) is 5.91 Å². The Bertz CT molecular complexity index is 760. The van der Waals surface area contributed by atoms with Crippen molar-refractivity contribution >= 4 is 34.0 Å². The molecule has 2 aromatic carbocycles. The number of hydrazone groups is 1. The normalized spacial score (nSPS) is 10.6. The summed E-state index contributed by atoms with van der Waals surface area (Å²) in [7, 11) is 0. The van der Waals surface area contributed by atoms with Crippen molar-refractivity contribution in [1.29, 1.82) is 0 Å². The second kappa shape index (κ2) is 9.58. The van der Waals surface area contributed by atoms with Gasteiger partial charge >= 0.3 is 0 Å². The average molecular weight is 404 g/mol. The molecule has 0 aliphatic rings. The van der Waals surface area contributed by atoms with Crippen LogP contribution in [-0.4, -0.2) is 29.7 Å². The maximum absolute atomic E-state index is 12.0. The van der Waals surface area contributed by atoms with E-state index in [1.807, 2.05) is 6.07 Å². The summed E-state index contributed by atoms with van der Waals surface area (Å²) >= 11 is 3.33. The number of phenols is 1. The third-order valence-corrected chi connectivity index (χ3v) is 3.97. The predicted molar refractivity (Wildman–Crippen MR) is 99.6 cm³/mol. The van der Waals surface area contributed by atoms with Crippen LogP contribution in [0.1, 0.15) is 28.8 Å². The van der Waals surface area contributed by atoms with Crippen molar-refractivity contribution in [1.82, 2.24) is 10.7 Å². The molecule has 6 nitrogen and oxygen atoms in total.